The van der Waals surface area contributed by atoms with Crippen molar-refractivity contribution in [2.45, 2.75) is 45.0 Å². The molecular formula is C14H20ClF4NO. The molecule has 0 fully saturated rings. The topological polar surface area (TPSA) is 46.2 Å². The molecular weight excluding hydrogens is 310 g/mol. The van der Waals surface area contributed by atoms with E-state index in [1.807, 2.05) is 13.8 Å². The largest absolute Gasteiger partial charge is 0.416 e. The number of hydrogen-bond acceptors (Lipinski definition) is 2. The Morgan fingerprint density at radius 3 is 2.24 bits per heavy atom. The van der Waals surface area contributed by atoms with Crippen LogP contribution in [0, 0.1) is 11.7 Å². The number of aliphatic hydroxyl groups is 1. The van der Waals surface area contributed by atoms with Gasteiger partial charge in [0, 0.05) is 0 Å². The normalized spacial score (nSPS) is 14.7. The zero-order valence-corrected chi connectivity index (χ0v) is 12.6. The van der Waals surface area contributed by atoms with Crippen LogP contribution < -0.4 is 5.73 Å². The highest BCUT2D eigenvalue weighted by Gasteiger charge is 2.36. The predicted octanol–water partition coefficient (Wildman–Crippen LogP) is 4.06. The lowest BCUT2D eigenvalue weighted by atomic mass is 9.92. The molecule has 122 valence electrons. The van der Waals surface area contributed by atoms with Gasteiger partial charge in [0.05, 0.1) is 17.7 Å². The minimum absolute atomic E-state index is 0. The van der Waals surface area contributed by atoms with Gasteiger partial charge in [0.1, 0.15) is 5.82 Å². The van der Waals surface area contributed by atoms with Gasteiger partial charge in [-0.1, -0.05) is 19.9 Å². The van der Waals surface area contributed by atoms with E-state index in [-0.39, 0.29) is 18.0 Å². The Morgan fingerprint density at radius 2 is 1.76 bits per heavy atom. The molecule has 0 bridgehead atoms. The van der Waals surface area contributed by atoms with Gasteiger partial charge in [-0.3, -0.25) is 0 Å². The van der Waals surface area contributed by atoms with E-state index >= 15 is 0 Å². The van der Waals surface area contributed by atoms with Crippen LogP contribution >= 0.6 is 12.4 Å². The second-order valence-corrected chi connectivity index (χ2v) is 5.29. The molecule has 0 aliphatic heterocycles. The molecule has 0 amide bonds. The first-order valence-electron chi connectivity index (χ1n) is 6.43. The standard InChI is InChI=1S/C14H19F4NO.ClH/c1-8(2)3-6-12(20)13(19)10-5-4-9(15)7-11(10)14(16,17)18;/h4-5,7-8,12-13,20H,3,6,19H2,1-2H3;1H/t12-,13+;/m1./s1. The van der Waals surface area contributed by atoms with Crippen LogP contribution in [0.4, 0.5) is 17.6 Å². The number of alkyl halides is 3. The highest BCUT2D eigenvalue weighted by molar-refractivity contribution is 5.85. The molecule has 0 radical (unpaired) electrons. The lowest BCUT2D eigenvalue weighted by Crippen LogP contribution is -2.29. The summed E-state index contributed by atoms with van der Waals surface area (Å²) in [6, 6.07) is 1.12. The van der Waals surface area contributed by atoms with E-state index in [0.717, 1.165) is 12.1 Å². The highest BCUT2D eigenvalue weighted by Crippen LogP contribution is 2.35. The van der Waals surface area contributed by atoms with E-state index in [1.165, 1.54) is 0 Å². The van der Waals surface area contributed by atoms with Gasteiger partial charge in [-0.25, -0.2) is 4.39 Å². The molecule has 2 nitrogen and oxygen atoms in total. The number of nitrogens with two attached hydrogens (primary N) is 1. The van der Waals surface area contributed by atoms with Gasteiger partial charge < -0.3 is 10.8 Å². The highest BCUT2D eigenvalue weighted by atomic mass is 35.5. The first-order chi connectivity index (χ1) is 9.12. The van der Waals surface area contributed by atoms with Crippen molar-refractivity contribution in [3.05, 3.63) is 35.1 Å². The Balaban J connectivity index is 0.00000400. The summed E-state index contributed by atoms with van der Waals surface area (Å²) >= 11 is 0. The molecule has 0 spiro atoms. The summed E-state index contributed by atoms with van der Waals surface area (Å²) in [5.41, 5.74) is 4.29. The number of benzene rings is 1. The lowest BCUT2D eigenvalue weighted by molar-refractivity contribution is -0.138. The van der Waals surface area contributed by atoms with Crippen LogP contribution in [0.5, 0.6) is 0 Å². The first-order valence-corrected chi connectivity index (χ1v) is 6.43. The Hall–Kier alpha value is -0.850. The fourth-order valence-corrected chi connectivity index (χ4v) is 1.96. The van der Waals surface area contributed by atoms with Crippen molar-refractivity contribution in [1.82, 2.24) is 0 Å². The van der Waals surface area contributed by atoms with Crippen molar-refractivity contribution in [2.24, 2.45) is 11.7 Å². The van der Waals surface area contributed by atoms with Crippen LogP contribution in [0.25, 0.3) is 0 Å². The number of aliphatic hydroxyl groups excluding tert-OH is 1. The summed E-state index contributed by atoms with van der Waals surface area (Å²) in [4.78, 5) is 0. The van der Waals surface area contributed by atoms with E-state index in [9.17, 15) is 22.7 Å². The molecule has 1 aromatic rings. The average molecular weight is 330 g/mol. The molecule has 1 rings (SSSR count). The summed E-state index contributed by atoms with van der Waals surface area (Å²) in [6.45, 7) is 3.88. The van der Waals surface area contributed by atoms with Gasteiger partial charge in [0.15, 0.2) is 0 Å². The van der Waals surface area contributed by atoms with E-state index in [4.69, 9.17) is 5.73 Å². The summed E-state index contributed by atoms with van der Waals surface area (Å²) in [5.74, 6) is -0.669. The van der Waals surface area contributed by atoms with E-state index in [0.29, 0.717) is 24.8 Å². The van der Waals surface area contributed by atoms with Crippen LogP contribution in [0.1, 0.15) is 43.9 Å². The van der Waals surface area contributed by atoms with Crippen LogP contribution in [-0.4, -0.2) is 11.2 Å². The van der Waals surface area contributed by atoms with Crippen molar-refractivity contribution >= 4 is 12.4 Å². The van der Waals surface area contributed by atoms with Gasteiger partial charge in [-0.2, -0.15) is 13.2 Å². The fourth-order valence-electron chi connectivity index (χ4n) is 1.96. The van der Waals surface area contributed by atoms with Gasteiger partial charge in [-0.15, -0.1) is 12.4 Å². The quantitative estimate of drug-likeness (QED) is 0.800. The maximum absolute atomic E-state index is 13.0. The van der Waals surface area contributed by atoms with Gasteiger partial charge >= 0.3 is 6.18 Å². The van der Waals surface area contributed by atoms with Crippen molar-refractivity contribution in [3.63, 3.8) is 0 Å². The zero-order chi connectivity index (χ0) is 15.5. The van der Waals surface area contributed by atoms with Crippen molar-refractivity contribution in [3.8, 4) is 0 Å². The second-order valence-electron chi connectivity index (χ2n) is 5.29. The van der Waals surface area contributed by atoms with Gasteiger partial charge in [-0.05, 0) is 36.5 Å². The maximum atomic E-state index is 13.0. The Bertz CT molecular complexity index is 451. The smallest absolute Gasteiger partial charge is 0.391 e. The van der Waals surface area contributed by atoms with E-state index < -0.39 is 29.7 Å². The van der Waals surface area contributed by atoms with Gasteiger partial charge in [0.2, 0.25) is 0 Å². The molecule has 0 heterocycles. The number of halogens is 5. The molecule has 0 unspecified atom stereocenters. The monoisotopic (exact) mass is 329 g/mol. The van der Waals surface area contributed by atoms with E-state index in [1.54, 1.807) is 0 Å². The Morgan fingerprint density at radius 1 is 1.19 bits per heavy atom. The molecule has 21 heavy (non-hydrogen) atoms. The van der Waals surface area contributed by atoms with Crippen LogP contribution in [0.3, 0.4) is 0 Å². The summed E-state index contributed by atoms with van der Waals surface area (Å²) in [6.07, 6.45) is -4.85. The molecule has 0 saturated heterocycles. The average Bonchev–Trinajstić information content (AvgIpc) is 2.33. The third-order valence-electron chi connectivity index (χ3n) is 3.13. The number of rotatable bonds is 5. The van der Waals surface area contributed by atoms with Crippen molar-refractivity contribution in [1.29, 1.82) is 0 Å². The SMILES string of the molecule is CC(C)CC[C@@H](O)[C@@H](N)c1ccc(F)cc1C(F)(F)F.Cl. The Labute approximate surface area is 127 Å². The molecule has 3 N–H and O–H groups in total. The van der Waals surface area contributed by atoms with Crippen LogP contribution in [-0.2, 0) is 6.18 Å². The summed E-state index contributed by atoms with van der Waals surface area (Å²) < 4.78 is 51.6. The van der Waals surface area contributed by atoms with Crippen LogP contribution in [0.2, 0.25) is 0 Å². The van der Waals surface area contributed by atoms with Gasteiger partial charge in [0.25, 0.3) is 0 Å². The Kier molecular flexibility index (Phi) is 7.64. The minimum atomic E-state index is -4.70. The molecule has 0 aliphatic carbocycles. The molecule has 0 aromatic heterocycles. The molecule has 7 heteroatoms. The van der Waals surface area contributed by atoms with Crippen molar-refractivity contribution in [2.75, 3.05) is 0 Å². The lowest BCUT2D eigenvalue weighted by Gasteiger charge is -2.23. The van der Waals surface area contributed by atoms with Crippen molar-refractivity contribution < 1.29 is 22.7 Å². The summed E-state index contributed by atoms with van der Waals surface area (Å²) in [7, 11) is 0. The fraction of sp³-hybridized carbons (Fsp3) is 0.571. The molecule has 0 saturated carbocycles. The van der Waals surface area contributed by atoms with Crippen LogP contribution in [0.15, 0.2) is 18.2 Å². The predicted molar refractivity (Wildman–Crippen MR) is 75.7 cm³/mol. The summed E-state index contributed by atoms with van der Waals surface area (Å²) in [5, 5.41) is 9.89. The first kappa shape index (κ1) is 20.1. The second kappa shape index (κ2) is 7.96. The molecule has 1 aromatic carbocycles. The zero-order valence-electron chi connectivity index (χ0n) is 11.8. The third kappa shape index (κ3) is 5.80. The molecule has 2 atom stereocenters. The molecule has 0 aliphatic rings. The minimum Gasteiger partial charge on any atom is -0.391 e. The third-order valence-corrected chi connectivity index (χ3v) is 3.13. The van der Waals surface area contributed by atoms with E-state index in [2.05, 4.69) is 0 Å². The maximum Gasteiger partial charge on any atom is 0.416 e. The number of hydrogen-bond donors (Lipinski definition) is 2.